The highest BCUT2D eigenvalue weighted by Crippen LogP contribution is 2.35. The van der Waals surface area contributed by atoms with E-state index >= 15 is 0 Å². The molecule has 1 saturated heterocycles. The van der Waals surface area contributed by atoms with Crippen LogP contribution in [-0.4, -0.2) is 56.6 Å². The lowest BCUT2D eigenvalue weighted by molar-refractivity contribution is 0.241. The van der Waals surface area contributed by atoms with Crippen LogP contribution in [0.3, 0.4) is 0 Å². The molecule has 2 aliphatic rings. The van der Waals surface area contributed by atoms with Crippen molar-refractivity contribution in [3.63, 3.8) is 0 Å². The maximum Gasteiger partial charge on any atom is 0.222 e. The third-order valence-electron chi connectivity index (χ3n) is 5.32. The number of nitrogen functional groups attached to an aromatic ring is 1. The van der Waals surface area contributed by atoms with Crippen LogP contribution in [0.25, 0.3) is 0 Å². The molecule has 3 heterocycles. The first-order chi connectivity index (χ1) is 12.1. The topological polar surface area (TPSA) is 102 Å². The Morgan fingerprint density at radius 3 is 2.56 bits per heavy atom. The van der Waals surface area contributed by atoms with Crippen molar-refractivity contribution in [3.05, 3.63) is 30.0 Å². The molecular formula is C17H26N8. The Morgan fingerprint density at radius 2 is 1.92 bits per heavy atom. The molecule has 0 aromatic carbocycles. The number of aromatic nitrogens is 4. The van der Waals surface area contributed by atoms with Crippen molar-refractivity contribution in [1.29, 1.82) is 0 Å². The molecule has 2 fully saturated rings. The molecule has 8 heteroatoms. The van der Waals surface area contributed by atoms with Gasteiger partial charge in [0, 0.05) is 63.6 Å². The molecule has 134 valence electrons. The fourth-order valence-corrected chi connectivity index (χ4v) is 3.63. The summed E-state index contributed by atoms with van der Waals surface area (Å²) in [5.41, 5.74) is 12.9. The van der Waals surface area contributed by atoms with Gasteiger partial charge in [-0.1, -0.05) is 0 Å². The third-order valence-corrected chi connectivity index (χ3v) is 5.32. The smallest absolute Gasteiger partial charge is 0.222 e. The average Bonchev–Trinajstić information content (AvgIpc) is 2.97. The molecule has 4 rings (SSSR count). The van der Waals surface area contributed by atoms with E-state index in [1.807, 2.05) is 19.4 Å². The fourth-order valence-electron chi connectivity index (χ4n) is 3.63. The number of aryl methyl sites for hydroxylation is 1. The summed E-state index contributed by atoms with van der Waals surface area (Å²) in [5, 5.41) is 0. The van der Waals surface area contributed by atoms with Gasteiger partial charge in [0.05, 0.1) is 12.2 Å². The van der Waals surface area contributed by atoms with Gasteiger partial charge in [-0.15, -0.1) is 0 Å². The first kappa shape index (κ1) is 16.3. The summed E-state index contributed by atoms with van der Waals surface area (Å²) in [6.45, 7) is 4.73. The summed E-state index contributed by atoms with van der Waals surface area (Å²) in [6, 6.07) is 2.40. The van der Waals surface area contributed by atoms with Gasteiger partial charge in [-0.2, -0.15) is 4.98 Å². The SMILES string of the molecule is Cn1ccnc1CN1CCN(c2cc(C3CC(N)C3)nc(N)n2)CC1. The Bertz CT molecular complexity index is 728. The van der Waals surface area contributed by atoms with Gasteiger partial charge in [-0.05, 0) is 12.8 Å². The number of piperazine rings is 1. The van der Waals surface area contributed by atoms with Crippen molar-refractivity contribution in [3.8, 4) is 0 Å². The lowest BCUT2D eigenvalue weighted by Crippen LogP contribution is -2.46. The van der Waals surface area contributed by atoms with Crippen LogP contribution < -0.4 is 16.4 Å². The van der Waals surface area contributed by atoms with Crippen molar-refractivity contribution in [2.45, 2.75) is 31.3 Å². The predicted octanol–water partition coefficient (Wildman–Crippen LogP) is 0.319. The third kappa shape index (κ3) is 3.45. The molecule has 0 atom stereocenters. The van der Waals surface area contributed by atoms with Gasteiger partial charge in [0.1, 0.15) is 11.6 Å². The Labute approximate surface area is 147 Å². The van der Waals surface area contributed by atoms with E-state index in [9.17, 15) is 0 Å². The van der Waals surface area contributed by atoms with Crippen LogP contribution in [0.15, 0.2) is 18.5 Å². The molecule has 0 unspecified atom stereocenters. The molecule has 4 N–H and O–H groups in total. The molecule has 1 aliphatic heterocycles. The zero-order valence-electron chi connectivity index (χ0n) is 14.7. The highest BCUT2D eigenvalue weighted by atomic mass is 15.3. The van der Waals surface area contributed by atoms with Gasteiger partial charge in [0.25, 0.3) is 0 Å². The Balaban J connectivity index is 1.39. The summed E-state index contributed by atoms with van der Waals surface area (Å²) in [4.78, 5) is 18.0. The molecule has 2 aromatic heterocycles. The molecule has 1 saturated carbocycles. The van der Waals surface area contributed by atoms with E-state index in [-0.39, 0.29) is 0 Å². The zero-order chi connectivity index (χ0) is 17.4. The summed E-state index contributed by atoms with van der Waals surface area (Å²) in [5.74, 6) is 2.84. The minimum atomic E-state index is 0.305. The quantitative estimate of drug-likeness (QED) is 0.825. The average molecular weight is 342 g/mol. The molecule has 0 radical (unpaired) electrons. The van der Waals surface area contributed by atoms with E-state index in [1.54, 1.807) is 0 Å². The standard InChI is InChI=1S/C17H26N8/c1-23-3-2-20-16(23)11-24-4-6-25(7-5-24)15-10-14(21-17(19)22-15)12-8-13(18)9-12/h2-3,10,12-13H,4-9,11,18H2,1H3,(H2,19,21,22). The van der Waals surface area contributed by atoms with Crippen LogP contribution in [0, 0.1) is 0 Å². The number of hydrogen-bond acceptors (Lipinski definition) is 7. The molecule has 25 heavy (non-hydrogen) atoms. The maximum absolute atomic E-state index is 5.95. The van der Waals surface area contributed by atoms with Crippen LogP contribution in [-0.2, 0) is 13.6 Å². The van der Waals surface area contributed by atoms with E-state index in [2.05, 4.69) is 35.4 Å². The van der Waals surface area contributed by atoms with Gasteiger partial charge in [0.15, 0.2) is 0 Å². The van der Waals surface area contributed by atoms with Crippen LogP contribution in [0.1, 0.15) is 30.3 Å². The minimum absolute atomic E-state index is 0.305. The predicted molar refractivity (Wildman–Crippen MR) is 97.1 cm³/mol. The van der Waals surface area contributed by atoms with Crippen LogP contribution in [0.5, 0.6) is 0 Å². The minimum Gasteiger partial charge on any atom is -0.368 e. The summed E-state index contributed by atoms with van der Waals surface area (Å²) in [7, 11) is 2.04. The number of imidazole rings is 1. The first-order valence-electron chi connectivity index (χ1n) is 8.92. The Morgan fingerprint density at radius 1 is 1.16 bits per heavy atom. The Hall–Kier alpha value is -2.19. The number of nitrogens with two attached hydrogens (primary N) is 2. The summed E-state index contributed by atoms with van der Waals surface area (Å²) < 4.78 is 2.08. The van der Waals surface area contributed by atoms with Gasteiger partial charge in [-0.25, -0.2) is 9.97 Å². The second-order valence-electron chi connectivity index (χ2n) is 7.16. The fraction of sp³-hybridized carbons (Fsp3) is 0.588. The number of anilines is 2. The van der Waals surface area contributed by atoms with Crippen molar-refractivity contribution in [2.75, 3.05) is 36.8 Å². The van der Waals surface area contributed by atoms with E-state index < -0.39 is 0 Å². The van der Waals surface area contributed by atoms with Crippen molar-refractivity contribution < 1.29 is 0 Å². The van der Waals surface area contributed by atoms with Crippen LogP contribution in [0.2, 0.25) is 0 Å². The lowest BCUT2D eigenvalue weighted by Gasteiger charge is -2.36. The van der Waals surface area contributed by atoms with Gasteiger partial charge in [0.2, 0.25) is 5.95 Å². The second-order valence-corrected chi connectivity index (χ2v) is 7.16. The van der Waals surface area contributed by atoms with Gasteiger partial charge < -0.3 is 20.9 Å². The zero-order valence-corrected chi connectivity index (χ0v) is 14.7. The monoisotopic (exact) mass is 342 g/mol. The largest absolute Gasteiger partial charge is 0.368 e. The van der Waals surface area contributed by atoms with E-state index in [0.29, 0.717) is 17.9 Å². The highest BCUT2D eigenvalue weighted by molar-refractivity contribution is 5.45. The molecule has 8 nitrogen and oxygen atoms in total. The molecule has 0 amide bonds. The van der Waals surface area contributed by atoms with Crippen molar-refractivity contribution in [2.24, 2.45) is 12.8 Å². The molecule has 0 spiro atoms. The van der Waals surface area contributed by atoms with Crippen molar-refractivity contribution >= 4 is 11.8 Å². The molecule has 1 aliphatic carbocycles. The molecule has 0 bridgehead atoms. The molecular weight excluding hydrogens is 316 g/mol. The lowest BCUT2D eigenvalue weighted by atomic mass is 9.78. The first-order valence-corrected chi connectivity index (χ1v) is 8.92. The van der Waals surface area contributed by atoms with Crippen molar-refractivity contribution in [1.82, 2.24) is 24.4 Å². The number of nitrogens with zero attached hydrogens (tertiary/aromatic N) is 6. The number of rotatable bonds is 4. The van der Waals surface area contributed by atoms with Crippen LogP contribution >= 0.6 is 0 Å². The maximum atomic E-state index is 5.95. The van der Waals surface area contributed by atoms with Gasteiger partial charge in [-0.3, -0.25) is 4.90 Å². The van der Waals surface area contributed by atoms with E-state index in [1.165, 1.54) is 0 Å². The molecule has 2 aromatic rings. The van der Waals surface area contributed by atoms with Crippen LogP contribution in [0.4, 0.5) is 11.8 Å². The van der Waals surface area contributed by atoms with E-state index in [4.69, 9.17) is 11.5 Å². The highest BCUT2D eigenvalue weighted by Gasteiger charge is 2.30. The normalized spacial score (nSPS) is 24.3. The van der Waals surface area contributed by atoms with Gasteiger partial charge >= 0.3 is 0 Å². The second kappa shape index (κ2) is 6.61. The Kier molecular flexibility index (Phi) is 4.30. The van der Waals surface area contributed by atoms with E-state index in [0.717, 1.165) is 62.9 Å². The number of hydrogen-bond donors (Lipinski definition) is 2. The summed E-state index contributed by atoms with van der Waals surface area (Å²) >= 11 is 0. The summed E-state index contributed by atoms with van der Waals surface area (Å²) in [6.07, 6.45) is 5.83.